The van der Waals surface area contributed by atoms with Gasteiger partial charge in [0.2, 0.25) is 0 Å². The number of carbonyl (C=O) groups excluding carboxylic acids is 1. The zero-order valence-corrected chi connectivity index (χ0v) is 10.8. The predicted molar refractivity (Wildman–Crippen MR) is 61.9 cm³/mol. The lowest BCUT2D eigenvalue weighted by Crippen LogP contribution is -2.53. The second-order valence-electron chi connectivity index (χ2n) is 5.95. The Morgan fingerprint density at radius 1 is 1.24 bits per heavy atom. The first-order valence-electron chi connectivity index (χ1n) is 6.04. The van der Waals surface area contributed by atoms with Crippen molar-refractivity contribution in [1.29, 1.82) is 0 Å². The van der Waals surface area contributed by atoms with Gasteiger partial charge in [0.15, 0.2) is 0 Å². The van der Waals surface area contributed by atoms with Crippen LogP contribution in [0.5, 0.6) is 0 Å². The second kappa shape index (κ2) is 4.46. The first-order valence-corrected chi connectivity index (χ1v) is 6.04. The van der Waals surface area contributed by atoms with E-state index in [0.29, 0.717) is 39.5 Å². The minimum Gasteiger partial charge on any atom is -0.444 e. The van der Waals surface area contributed by atoms with Crippen molar-refractivity contribution < 1.29 is 19.0 Å². The Morgan fingerprint density at radius 2 is 1.88 bits per heavy atom. The maximum atomic E-state index is 12.0. The molecule has 2 saturated heterocycles. The highest BCUT2D eigenvalue weighted by Gasteiger charge is 2.43. The fraction of sp³-hybridized carbons (Fsp3) is 0.917. The number of nitrogens with zero attached hydrogens (tertiary/aromatic N) is 1. The maximum Gasteiger partial charge on any atom is 0.410 e. The van der Waals surface area contributed by atoms with E-state index in [0.717, 1.165) is 0 Å². The highest BCUT2D eigenvalue weighted by atomic mass is 16.6. The highest BCUT2D eigenvalue weighted by molar-refractivity contribution is 5.68. The van der Waals surface area contributed by atoms with Crippen LogP contribution in [0.25, 0.3) is 0 Å². The molecule has 0 bridgehead atoms. The van der Waals surface area contributed by atoms with Crippen LogP contribution in [-0.4, -0.2) is 56.1 Å². The normalized spacial score (nSPS) is 24.1. The summed E-state index contributed by atoms with van der Waals surface area (Å²) in [6.45, 7) is 9.48. The van der Waals surface area contributed by atoms with Gasteiger partial charge in [-0.15, -0.1) is 0 Å². The molecule has 2 fully saturated rings. The molecule has 0 aliphatic carbocycles. The molecule has 0 radical (unpaired) electrons. The van der Waals surface area contributed by atoms with Gasteiger partial charge >= 0.3 is 6.09 Å². The molecule has 5 nitrogen and oxygen atoms in total. The monoisotopic (exact) mass is 243 g/mol. The van der Waals surface area contributed by atoms with Gasteiger partial charge in [0.05, 0.1) is 31.8 Å². The van der Waals surface area contributed by atoms with Crippen LogP contribution >= 0.6 is 0 Å². The average molecular weight is 243 g/mol. The van der Waals surface area contributed by atoms with Crippen molar-refractivity contribution in [3.8, 4) is 0 Å². The number of ether oxygens (including phenoxy) is 3. The van der Waals surface area contributed by atoms with Crippen molar-refractivity contribution in [3.63, 3.8) is 0 Å². The topological polar surface area (TPSA) is 48.0 Å². The van der Waals surface area contributed by atoms with Crippen LogP contribution in [0.15, 0.2) is 0 Å². The van der Waals surface area contributed by atoms with E-state index >= 15 is 0 Å². The number of rotatable bonds is 0. The largest absolute Gasteiger partial charge is 0.444 e. The predicted octanol–water partition coefficient (Wildman–Crippen LogP) is 1.27. The standard InChI is InChI=1S/C12H21NO4/c1-11(2,3)17-10(14)13-4-5-15-7-12(6-13)8-16-9-12/h4-9H2,1-3H3. The van der Waals surface area contributed by atoms with Crippen molar-refractivity contribution >= 4 is 6.09 Å². The van der Waals surface area contributed by atoms with Gasteiger partial charge in [-0.3, -0.25) is 0 Å². The molecule has 0 aromatic carbocycles. The first kappa shape index (κ1) is 12.6. The van der Waals surface area contributed by atoms with Crippen molar-refractivity contribution in [2.75, 3.05) is 39.5 Å². The molecular formula is C12H21NO4. The van der Waals surface area contributed by atoms with Gasteiger partial charge in [0.25, 0.3) is 0 Å². The maximum absolute atomic E-state index is 12.0. The number of hydrogen-bond acceptors (Lipinski definition) is 4. The molecular weight excluding hydrogens is 222 g/mol. The SMILES string of the molecule is CC(C)(C)OC(=O)N1CCOCC2(COC2)C1. The summed E-state index contributed by atoms with van der Waals surface area (Å²) in [6.07, 6.45) is -0.255. The molecule has 98 valence electrons. The van der Waals surface area contributed by atoms with Gasteiger partial charge in [-0.1, -0.05) is 0 Å². The number of carbonyl (C=O) groups is 1. The zero-order valence-electron chi connectivity index (χ0n) is 10.8. The third-order valence-electron chi connectivity index (χ3n) is 2.91. The molecule has 1 spiro atoms. The van der Waals surface area contributed by atoms with E-state index in [2.05, 4.69) is 0 Å². The van der Waals surface area contributed by atoms with Gasteiger partial charge in [-0.25, -0.2) is 4.79 Å². The minimum atomic E-state index is -0.451. The molecule has 2 rings (SSSR count). The van der Waals surface area contributed by atoms with E-state index in [1.165, 1.54) is 0 Å². The summed E-state index contributed by atoms with van der Waals surface area (Å²) in [7, 11) is 0. The third kappa shape index (κ3) is 3.10. The summed E-state index contributed by atoms with van der Waals surface area (Å²) in [5.41, 5.74) is -0.457. The quantitative estimate of drug-likeness (QED) is 0.643. The van der Waals surface area contributed by atoms with Crippen LogP contribution in [0, 0.1) is 5.41 Å². The number of hydrogen-bond donors (Lipinski definition) is 0. The molecule has 0 atom stereocenters. The highest BCUT2D eigenvalue weighted by Crippen LogP contribution is 2.31. The van der Waals surface area contributed by atoms with E-state index < -0.39 is 5.60 Å². The Kier molecular flexibility index (Phi) is 3.32. The Labute approximate surface area is 102 Å². The van der Waals surface area contributed by atoms with E-state index in [9.17, 15) is 4.79 Å². The molecule has 2 heterocycles. The van der Waals surface area contributed by atoms with Gasteiger partial charge in [0, 0.05) is 13.1 Å². The van der Waals surface area contributed by atoms with Gasteiger partial charge < -0.3 is 19.1 Å². The molecule has 2 aliphatic rings. The molecule has 17 heavy (non-hydrogen) atoms. The van der Waals surface area contributed by atoms with Crippen LogP contribution in [0.3, 0.4) is 0 Å². The summed E-state index contributed by atoms with van der Waals surface area (Å²) >= 11 is 0. The van der Waals surface area contributed by atoms with Crippen molar-refractivity contribution in [2.24, 2.45) is 5.41 Å². The minimum absolute atomic E-state index is 0.00654. The van der Waals surface area contributed by atoms with Crippen molar-refractivity contribution in [3.05, 3.63) is 0 Å². The smallest absolute Gasteiger partial charge is 0.410 e. The zero-order chi connectivity index (χ0) is 12.5. The summed E-state index contributed by atoms with van der Waals surface area (Å²) in [4.78, 5) is 13.7. The molecule has 0 aromatic heterocycles. The third-order valence-corrected chi connectivity index (χ3v) is 2.91. The lowest BCUT2D eigenvalue weighted by Gasteiger charge is -2.42. The van der Waals surface area contributed by atoms with Gasteiger partial charge in [-0.05, 0) is 20.8 Å². The van der Waals surface area contributed by atoms with Crippen LogP contribution in [-0.2, 0) is 14.2 Å². The van der Waals surface area contributed by atoms with Crippen molar-refractivity contribution in [1.82, 2.24) is 4.90 Å². The Morgan fingerprint density at radius 3 is 2.41 bits per heavy atom. The van der Waals surface area contributed by atoms with E-state index in [1.807, 2.05) is 20.8 Å². The molecule has 0 N–H and O–H groups in total. The number of amides is 1. The Bertz CT molecular complexity index is 293. The lowest BCUT2D eigenvalue weighted by molar-refractivity contribution is -0.144. The average Bonchev–Trinajstić information content (AvgIpc) is 2.35. The summed E-state index contributed by atoms with van der Waals surface area (Å²) in [6, 6.07) is 0. The van der Waals surface area contributed by atoms with E-state index in [-0.39, 0.29) is 11.5 Å². The van der Waals surface area contributed by atoms with Crippen LogP contribution in [0.1, 0.15) is 20.8 Å². The van der Waals surface area contributed by atoms with Crippen LogP contribution < -0.4 is 0 Å². The molecule has 0 saturated carbocycles. The molecule has 0 unspecified atom stereocenters. The fourth-order valence-electron chi connectivity index (χ4n) is 2.04. The fourth-order valence-corrected chi connectivity index (χ4v) is 2.04. The molecule has 1 amide bonds. The Balaban J connectivity index is 1.97. The second-order valence-corrected chi connectivity index (χ2v) is 5.95. The first-order chi connectivity index (χ1) is 7.90. The summed E-state index contributed by atoms with van der Waals surface area (Å²) < 4.78 is 16.2. The molecule has 2 aliphatic heterocycles. The molecule has 5 heteroatoms. The van der Waals surface area contributed by atoms with Crippen LogP contribution in [0.2, 0.25) is 0 Å². The summed E-state index contributed by atoms with van der Waals surface area (Å²) in [5.74, 6) is 0. The van der Waals surface area contributed by atoms with Crippen LogP contribution in [0.4, 0.5) is 4.79 Å². The van der Waals surface area contributed by atoms with Crippen molar-refractivity contribution in [2.45, 2.75) is 26.4 Å². The van der Waals surface area contributed by atoms with Gasteiger partial charge in [0.1, 0.15) is 5.60 Å². The Hall–Kier alpha value is -0.810. The van der Waals surface area contributed by atoms with Gasteiger partial charge in [-0.2, -0.15) is 0 Å². The lowest BCUT2D eigenvalue weighted by atomic mass is 9.86. The molecule has 0 aromatic rings. The summed E-state index contributed by atoms with van der Waals surface area (Å²) in [5, 5.41) is 0. The van der Waals surface area contributed by atoms with E-state index in [1.54, 1.807) is 4.90 Å². The van der Waals surface area contributed by atoms with E-state index in [4.69, 9.17) is 14.2 Å².